The molecule has 7 heteroatoms. The van der Waals surface area contributed by atoms with Crippen LogP contribution in [0.15, 0.2) is 47.4 Å². The van der Waals surface area contributed by atoms with Gasteiger partial charge in [-0.25, -0.2) is 4.39 Å². The van der Waals surface area contributed by atoms with Crippen LogP contribution in [0.3, 0.4) is 0 Å². The number of halogens is 4. The van der Waals surface area contributed by atoms with Crippen LogP contribution < -0.4 is 0 Å². The number of thiophene rings is 1. The maximum Gasteiger partial charge on any atom is 0.285 e. The van der Waals surface area contributed by atoms with E-state index in [0.29, 0.717) is 5.57 Å². The Morgan fingerprint density at radius 3 is 2.08 bits per heavy atom. The van der Waals surface area contributed by atoms with Gasteiger partial charge in [0.2, 0.25) is 0 Å². The number of allylic oxidation sites excluding steroid dienone is 1. The van der Waals surface area contributed by atoms with E-state index in [4.69, 9.17) is 4.43 Å². The van der Waals surface area contributed by atoms with Crippen molar-refractivity contribution in [1.82, 2.24) is 0 Å². The minimum Gasteiger partial charge on any atom is -0.395 e. The van der Waals surface area contributed by atoms with Gasteiger partial charge in [-0.2, -0.15) is 0 Å². The zero-order valence-electron chi connectivity index (χ0n) is 15.0. The molecule has 1 atom stereocenters. The van der Waals surface area contributed by atoms with Crippen LogP contribution >= 0.6 is 11.3 Å². The van der Waals surface area contributed by atoms with Crippen molar-refractivity contribution < 1.29 is 22.0 Å². The highest BCUT2D eigenvalue weighted by molar-refractivity contribution is 7.10. The second-order valence-electron chi connectivity index (χ2n) is 6.45. The molecule has 2 rings (SSSR count). The molecule has 2 aromatic rings. The van der Waals surface area contributed by atoms with Crippen LogP contribution in [0, 0.1) is 5.82 Å². The molecule has 0 fully saturated rings. The van der Waals surface area contributed by atoms with Crippen LogP contribution in [0.2, 0.25) is 0 Å². The zero-order chi connectivity index (χ0) is 19.4. The van der Waals surface area contributed by atoms with Crippen molar-refractivity contribution in [2.24, 2.45) is 0 Å². The molecule has 0 amide bonds. The molecule has 1 aromatic heterocycles. The van der Waals surface area contributed by atoms with Crippen molar-refractivity contribution in [3.05, 3.63) is 63.6 Å². The quantitative estimate of drug-likeness (QED) is 0.384. The average molecular weight is 403 g/mol. The number of hydrogen-bond donors (Lipinski definition) is 0. The first-order chi connectivity index (χ1) is 12.3. The lowest BCUT2D eigenvalue weighted by atomic mass is 9.89. The van der Waals surface area contributed by atoms with Crippen molar-refractivity contribution in [1.29, 1.82) is 0 Å². The van der Waals surface area contributed by atoms with Crippen LogP contribution in [0.25, 0.3) is 5.57 Å². The van der Waals surface area contributed by atoms with Crippen molar-refractivity contribution in [3.63, 3.8) is 0 Å². The Balaban J connectivity index is 2.57. The molecular formula is C19H22F4OSSi. The third kappa shape index (κ3) is 4.10. The Hall–Kier alpha value is -1.44. The highest BCUT2D eigenvalue weighted by atomic mass is 32.1. The standard InChI is InChI=1S/C19H22F4OSSi/c1-14(16-6-8-17(23)9-7-16)15(2)19(3,18-5-4-10-25-18)24-26(11-20,12-21)13-22/h4-10H,11-13H2,1-3H3. The van der Waals surface area contributed by atoms with E-state index in [0.717, 1.165) is 16.0 Å². The molecule has 0 saturated heterocycles. The van der Waals surface area contributed by atoms with E-state index in [1.54, 1.807) is 32.0 Å². The maximum atomic E-state index is 13.5. The van der Waals surface area contributed by atoms with Gasteiger partial charge >= 0.3 is 0 Å². The smallest absolute Gasteiger partial charge is 0.285 e. The molecule has 0 bridgehead atoms. The van der Waals surface area contributed by atoms with E-state index in [9.17, 15) is 17.6 Å². The lowest BCUT2D eigenvalue weighted by molar-refractivity contribution is 0.103. The van der Waals surface area contributed by atoms with Gasteiger partial charge in [0, 0.05) is 4.88 Å². The highest BCUT2D eigenvalue weighted by Gasteiger charge is 2.46. The number of benzene rings is 1. The summed E-state index contributed by atoms with van der Waals surface area (Å²) in [6.07, 6.45) is -3.41. The lowest BCUT2D eigenvalue weighted by Crippen LogP contribution is -2.53. The first-order valence-corrected chi connectivity index (χ1v) is 11.6. The molecule has 0 aliphatic rings. The van der Waals surface area contributed by atoms with Crippen LogP contribution in [-0.4, -0.2) is 27.2 Å². The lowest BCUT2D eigenvalue weighted by Gasteiger charge is -2.39. The normalized spacial score (nSPS) is 15.5. The molecule has 0 aliphatic carbocycles. The van der Waals surface area contributed by atoms with Gasteiger partial charge in [0.25, 0.3) is 8.32 Å². The summed E-state index contributed by atoms with van der Waals surface area (Å²) in [5.74, 6) is -0.352. The molecule has 0 spiro atoms. The van der Waals surface area contributed by atoms with Crippen molar-refractivity contribution in [2.45, 2.75) is 26.4 Å². The van der Waals surface area contributed by atoms with Gasteiger partial charge in [0.05, 0.1) is 0 Å². The van der Waals surface area contributed by atoms with Gasteiger partial charge in [0.1, 0.15) is 30.3 Å². The van der Waals surface area contributed by atoms with E-state index in [1.165, 1.54) is 23.5 Å². The Kier molecular flexibility index (Phi) is 6.82. The van der Waals surface area contributed by atoms with Gasteiger partial charge in [0.15, 0.2) is 0 Å². The summed E-state index contributed by atoms with van der Waals surface area (Å²) in [4.78, 5) is 0.740. The van der Waals surface area contributed by atoms with Crippen LogP contribution in [0.1, 0.15) is 31.2 Å². The molecule has 1 aromatic carbocycles. The summed E-state index contributed by atoms with van der Waals surface area (Å²) >= 11 is 1.38. The predicted molar refractivity (Wildman–Crippen MR) is 101 cm³/mol. The summed E-state index contributed by atoms with van der Waals surface area (Å²) in [7, 11) is -3.81. The maximum absolute atomic E-state index is 13.5. The monoisotopic (exact) mass is 402 g/mol. The fourth-order valence-corrected chi connectivity index (χ4v) is 5.22. The summed E-state index contributed by atoms with van der Waals surface area (Å²) in [6, 6.07) is 9.57. The second-order valence-corrected chi connectivity index (χ2v) is 10.8. The Morgan fingerprint density at radius 2 is 1.62 bits per heavy atom. The van der Waals surface area contributed by atoms with Gasteiger partial charge < -0.3 is 4.43 Å². The first kappa shape index (κ1) is 20.9. The third-order valence-corrected chi connectivity index (χ3v) is 8.07. The molecule has 0 N–H and O–H groups in total. The van der Waals surface area contributed by atoms with E-state index >= 15 is 0 Å². The molecule has 1 nitrogen and oxygen atoms in total. The minimum absolute atomic E-state index is 0.352. The summed E-state index contributed by atoms with van der Waals surface area (Å²) in [6.45, 7) is 5.34. The number of rotatable bonds is 8. The minimum atomic E-state index is -3.81. The van der Waals surface area contributed by atoms with Crippen LogP contribution in [0.5, 0.6) is 0 Å². The number of hydrogen-bond acceptors (Lipinski definition) is 2. The van der Waals surface area contributed by atoms with E-state index in [2.05, 4.69) is 0 Å². The fourth-order valence-electron chi connectivity index (χ4n) is 2.76. The summed E-state index contributed by atoms with van der Waals surface area (Å²) < 4.78 is 59.7. The largest absolute Gasteiger partial charge is 0.395 e. The molecule has 1 unspecified atom stereocenters. The van der Waals surface area contributed by atoms with E-state index < -0.39 is 32.8 Å². The second kappa shape index (κ2) is 8.50. The third-order valence-electron chi connectivity index (χ3n) is 4.70. The topological polar surface area (TPSA) is 9.23 Å². The van der Waals surface area contributed by atoms with Gasteiger partial charge in [-0.15, -0.1) is 11.3 Å². The fraction of sp³-hybridized carbons (Fsp3) is 0.368. The Bertz CT molecular complexity index is 733. The molecule has 1 heterocycles. The number of alkyl halides is 3. The average Bonchev–Trinajstić information content (AvgIpc) is 3.21. The molecule has 0 radical (unpaired) electrons. The molecule has 0 aliphatic heterocycles. The highest BCUT2D eigenvalue weighted by Crippen LogP contribution is 2.41. The predicted octanol–water partition coefficient (Wildman–Crippen LogP) is 6.08. The Morgan fingerprint density at radius 1 is 1.04 bits per heavy atom. The molecular weight excluding hydrogens is 380 g/mol. The van der Waals surface area contributed by atoms with Crippen LogP contribution in [-0.2, 0) is 10.0 Å². The van der Waals surface area contributed by atoms with Crippen molar-refractivity contribution in [2.75, 3.05) is 18.9 Å². The van der Waals surface area contributed by atoms with Crippen molar-refractivity contribution in [3.8, 4) is 0 Å². The summed E-state index contributed by atoms with van der Waals surface area (Å²) in [5, 5.41) is 1.83. The Labute approximate surface area is 156 Å². The van der Waals surface area contributed by atoms with Gasteiger partial charge in [-0.3, -0.25) is 13.2 Å². The SMILES string of the molecule is CC(=C(C)C(C)(O[Si](CF)(CF)CF)c1cccs1)c1ccc(F)cc1. The van der Waals surface area contributed by atoms with E-state index in [1.807, 2.05) is 18.4 Å². The van der Waals surface area contributed by atoms with Gasteiger partial charge in [-0.1, -0.05) is 18.2 Å². The van der Waals surface area contributed by atoms with E-state index in [-0.39, 0.29) is 5.82 Å². The zero-order valence-corrected chi connectivity index (χ0v) is 16.8. The summed E-state index contributed by atoms with van der Waals surface area (Å²) in [5.41, 5.74) is 1.10. The van der Waals surface area contributed by atoms with Gasteiger partial charge in [-0.05, 0) is 61.1 Å². The molecule has 0 saturated carbocycles. The molecule has 142 valence electrons. The first-order valence-electron chi connectivity index (χ1n) is 8.18. The van der Waals surface area contributed by atoms with Crippen LogP contribution in [0.4, 0.5) is 17.6 Å². The molecule has 26 heavy (non-hydrogen) atoms. The van der Waals surface area contributed by atoms with Crippen molar-refractivity contribution >= 4 is 25.2 Å².